The SMILES string of the molecule is CCOC(=O)C(C(C)C)C1CC1. The Balaban J connectivity index is 2.46. The molecular formula is C10H18O2. The second-order valence-electron chi connectivity index (χ2n) is 3.86. The molecule has 0 saturated heterocycles. The Hall–Kier alpha value is -0.530. The van der Waals surface area contributed by atoms with Crippen molar-refractivity contribution in [2.75, 3.05) is 6.61 Å². The molecule has 0 N–H and O–H groups in total. The molecule has 2 heteroatoms. The molecule has 0 radical (unpaired) electrons. The summed E-state index contributed by atoms with van der Waals surface area (Å²) in [6.07, 6.45) is 2.42. The molecule has 1 fully saturated rings. The van der Waals surface area contributed by atoms with Crippen molar-refractivity contribution < 1.29 is 9.53 Å². The third-order valence-electron chi connectivity index (χ3n) is 2.41. The first kappa shape index (κ1) is 9.56. The second kappa shape index (κ2) is 3.92. The van der Waals surface area contributed by atoms with Crippen LogP contribution >= 0.6 is 0 Å². The van der Waals surface area contributed by atoms with E-state index in [1.165, 1.54) is 12.8 Å². The third kappa shape index (κ3) is 2.23. The first-order valence-electron chi connectivity index (χ1n) is 4.83. The van der Waals surface area contributed by atoms with E-state index in [1.807, 2.05) is 6.92 Å². The molecular weight excluding hydrogens is 152 g/mol. The van der Waals surface area contributed by atoms with Gasteiger partial charge in [-0.15, -0.1) is 0 Å². The monoisotopic (exact) mass is 170 g/mol. The number of esters is 1. The highest BCUT2D eigenvalue weighted by Gasteiger charge is 2.38. The lowest BCUT2D eigenvalue weighted by Gasteiger charge is -2.17. The van der Waals surface area contributed by atoms with Gasteiger partial charge in [-0.25, -0.2) is 0 Å². The van der Waals surface area contributed by atoms with Crippen molar-refractivity contribution in [3.8, 4) is 0 Å². The maximum absolute atomic E-state index is 11.4. The summed E-state index contributed by atoms with van der Waals surface area (Å²) < 4.78 is 5.03. The maximum atomic E-state index is 11.4. The summed E-state index contributed by atoms with van der Waals surface area (Å²) in [5.74, 6) is 1.21. The molecule has 70 valence electrons. The summed E-state index contributed by atoms with van der Waals surface area (Å²) >= 11 is 0. The Morgan fingerprint density at radius 2 is 2.08 bits per heavy atom. The van der Waals surface area contributed by atoms with Crippen molar-refractivity contribution in [2.24, 2.45) is 17.8 Å². The van der Waals surface area contributed by atoms with Crippen LogP contribution in [0.25, 0.3) is 0 Å². The molecule has 1 aliphatic rings. The minimum atomic E-state index is 0.00926. The first-order chi connectivity index (χ1) is 5.66. The van der Waals surface area contributed by atoms with E-state index >= 15 is 0 Å². The van der Waals surface area contributed by atoms with Crippen molar-refractivity contribution >= 4 is 5.97 Å². The zero-order valence-electron chi connectivity index (χ0n) is 8.17. The Morgan fingerprint density at radius 1 is 1.50 bits per heavy atom. The van der Waals surface area contributed by atoms with Crippen LogP contribution < -0.4 is 0 Å². The van der Waals surface area contributed by atoms with E-state index in [9.17, 15) is 4.79 Å². The summed E-state index contributed by atoms with van der Waals surface area (Å²) in [6, 6.07) is 0. The van der Waals surface area contributed by atoms with Crippen molar-refractivity contribution in [1.29, 1.82) is 0 Å². The van der Waals surface area contributed by atoms with E-state index in [-0.39, 0.29) is 11.9 Å². The van der Waals surface area contributed by atoms with Crippen LogP contribution in [0, 0.1) is 17.8 Å². The molecule has 0 aromatic heterocycles. The van der Waals surface area contributed by atoms with Crippen LogP contribution in [-0.4, -0.2) is 12.6 Å². The molecule has 0 heterocycles. The highest BCUT2D eigenvalue weighted by Crippen LogP contribution is 2.41. The second-order valence-corrected chi connectivity index (χ2v) is 3.86. The van der Waals surface area contributed by atoms with E-state index in [0.717, 1.165) is 0 Å². The topological polar surface area (TPSA) is 26.3 Å². The largest absolute Gasteiger partial charge is 0.466 e. The van der Waals surface area contributed by atoms with E-state index in [2.05, 4.69) is 13.8 Å². The molecule has 0 aromatic rings. The maximum Gasteiger partial charge on any atom is 0.309 e. The molecule has 1 aliphatic carbocycles. The minimum Gasteiger partial charge on any atom is -0.466 e. The van der Waals surface area contributed by atoms with Crippen LogP contribution in [0.15, 0.2) is 0 Å². The van der Waals surface area contributed by atoms with Crippen molar-refractivity contribution in [2.45, 2.75) is 33.6 Å². The van der Waals surface area contributed by atoms with Gasteiger partial charge >= 0.3 is 5.97 Å². The Morgan fingerprint density at radius 3 is 2.42 bits per heavy atom. The van der Waals surface area contributed by atoms with Gasteiger partial charge in [-0.3, -0.25) is 4.79 Å². The van der Waals surface area contributed by atoms with Crippen LogP contribution in [0.2, 0.25) is 0 Å². The lowest BCUT2D eigenvalue weighted by Crippen LogP contribution is -2.24. The first-order valence-corrected chi connectivity index (χ1v) is 4.83. The summed E-state index contributed by atoms with van der Waals surface area (Å²) in [4.78, 5) is 11.4. The molecule has 0 amide bonds. The number of ether oxygens (including phenoxy) is 1. The quantitative estimate of drug-likeness (QED) is 0.605. The summed E-state index contributed by atoms with van der Waals surface area (Å²) in [6.45, 7) is 6.57. The predicted molar refractivity (Wildman–Crippen MR) is 47.7 cm³/mol. The Kier molecular flexibility index (Phi) is 3.12. The number of hydrogen-bond acceptors (Lipinski definition) is 2. The van der Waals surface area contributed by atoms with E-state index in [4.69, 9.17) is 4.74 Å². The van der Waals surface area contributed by atoms with E-state index in [1.54, 1.807) is 0 Å². The van der Waals surface area contributed by atoms with Gasteiger partial charge in [-0.05, 0) is 31.6 Å². The van der Waals surface area contributed by atoms with Gasteiger partial charge in [0.1, 0.15) is 0 Å². The molecule has 0 spiro atoms. The summed E-state index contributed by atoms with van der Waals surface area (Å²) in [5.41, 5.74) is 0. The van der Waals surface area contributed by atoms with Crippen molar-refractivity contribution in [1.82, 2.24) is 0 Å². The molecule has 1 unspecified atom stereocenters. The zero-order chi connectivity index (χ0) is 9.14. The minimum absolute atomic E-state index is 0.00926. The highest BCUT2D eigenvalue weighted by atomic mass is 16.5. The van der Waals surface area contributed by atoms with E-state index in [0.29, 0.717) is 18.4 Å². The smallest absolute Gasteiger partial charge is 0.309 e. The molecule has 1 saturated carbocycles. The third-order valence-corrected chi connectivity index (χ3v) is 2.41. The fourth-order valence-electron chi connectivity index (χ4n) is 1.70. The Bertz CT molecular complexity index is 157. The van der Waals surface area contributed by atoms with Crippen LogP contribution in [0.4, 0.5) is 0 Å². The van der Waals surface area contributed by atoms with Gasteiger partial charge in [0.2, 0.25) is 0 Å². The lowest BCUT2D eigenvalue weighted by atomic mass is 9.91. The van der Waals surface area contributed by atoms with Crippen LogP contribution in [0.3, 0.4) is 0 Å². The zero-order valence-corrected chi connectivity index (χ0v) is 8.17. The van der Waals surface area contributed by atoms with Gasteiger partial charge in [0, 0.05) is 0 Å². The van der Waals surface area contributed by atoms with Crippen molar-refractivity contribution in [3.63, 3.8) is 0 Å². The van der Waals surface area contributed by atoms with Crippen molar-refractivity contribution in [3.05, 3.63) is 0 Å². The van der Waals surface area contributed by atoms with Gasteiger partial charge in [0.15, 0.2) is 0 Å². The molecule has 0 aromatic carbocycles. The van der Waals surface area contributed by atoms with Crippen LogP contribution in [0.1, 0.15) is 33.6 Å². The normalized spacial score (nSPS) is 19.3. The average molecular weight is 170 g/mol. The number of carbonyl (C=O) groups is 1. The van der Waals surface area contributed by atoms with Gasteiger partial charge in [0.05, 0.1) is 12.5 Å². The van der Waals surface area contributed by atoms with Gasteiger partial charge in [0.25, 0.3) is 0 Å². The lowest BCUT2D eigenvalue weighted by molar-refractivity contribution is -0.150. The molecule has 0 bridgehead atoms. The number of rotatable bonds is 4. The fraction of sp³-hybridized carbons (Fsp3) is 0.900. The molecule has 0 aliphatic heterocycles. The number of hydrogen-bond donors (Lipinski definition) is 0. The van der Waals surface area contributed by atoms with Gasteiger partial charge in [-0.1, -0.05) is 13.8 Å². The van der Waals surface area contributed by atoms with Gasteiger partial charge in [-0.2, -0.15) is 0 Å². The summed E-state index contributed by atoms with van der Waals surface area (Å²) in [5, 5.41) is 0. The molecule has 2 nitrogen and oxygen atoms in total. The average Bonchev–Trinajstić information content (AvgIpc) is 2.71. The van der Waals surface area contributed by atoms with Gasteiger partial charge < -0.3 is 4.74 Å². The highest BCUT2D eigenvalue weighted by molar-refractivity contribution is 5.73. The predicted octanol–water partition coefficient (Wildman–Crippen LogP) is 2.23. The van der Waals surface area contributed by atoms with E-state index < -0.39 is 0 Å². The number of carbonyl (C=O) groups excluding carboxylic acids is 1. The summed E-state index contributed by atoms with van der Waals surface area (Å²) in [7, 11) is 0. The van der Waals surface area contributed by atoms with Crippen LogP contribution in [0.5, 0.6) is 0 Å². The van der Waals surface area contributed by atoms with Crippen LogP contribution in [-0.2, 0) is 9.53 Å². The molecule has 1 rings (SSSR count). The molecule has 1 atom stereocenters. The Labute approximate surface area is 74.3 Å². The standard InChI is InChI=1S/C10H18O2/c1-4-12-10(11)9(7(2)3)8-5-6-8/h7-9H,4-6H2,1-3H3. The fourth-order valence-corrected chi connectivity index (χ4v) is 1.70. The molecule has 12 heavy (non-hydrogen) atoms.